The van der Waals surface area contributed by atoms with Crippen LogP contribution in [0.15, 0.2) is 18.3 Å². The van der Waals surface area contributed by atoms with Gasteiger partial charge < -0.3 is 15.2 Å². The van der Waals surface area contributed by atoms with Gasteiger partial charge in [-0.25, -0.2) is 14.2 Å². The molecule has 2 rings (SSSR count). The van der Waals surface area contributed by atoms with Gasteiger partial charge in [-0.2, -0.15) is 0 Å². The summed E-state index contributed by atoms with van der Waals surface area (Å²) in [6.07, 6.45) is -0.426. The number of carbonyl (C=O) groups is 2. The number of anilines is 1. The summed E-state index contributed by atoms with van der Waals surface area (Å²) in [5, 5.41) is 12.5. The highest BCUT2D eigenvalue weighted by atomic mass is 19.1. The zero-order valence-electron chi connectivity index (χ0n) is 13.2. The summed E-state index contributed by atoms with van der Waals surface area (Å²) in [5.74, 6) is -0.987. The largest absolute Gasteiger partial charge is 0.444 e. The zero-order valence-corrected chi connectivity index (χ0v) is 13.2. The molecule has 1 aliphatic rings. The number of likely N-dealkylation sites (tertiary alicyclic amines) is 1. The van der Waals surface area contributed by atoms with E-state index in [0.717, 1.165) is 12.3 Å². The first-order valence-electron chi connectivity index (χ1n) is 7.27. The van der Waals surface area contributed by atoms with Gasteiger partial charge in [0, 0.05) is 6.54 Å². The van der Waals surface area contributed by atoms with Gasteiger partial charge in [-0.1, -0.05) is 0 Å². The predicted octanol–water partition coefficient (Wildman–Crippen LogP) is 1.53. The minimum absolute atomic E-state index is 0.139. The van der Waals surface area contributed by atoms with Crippen molar-refractivity contribution in [3.05, 3.63) is 24.1 Å². The summed E-state index contributed by atoms with van der Waals surface area (Å²) in [6, 6.07) is 1.38. The van der Waals surface area contributed by atoms with Crippen molar-refractivity contribution in [1.82, 2.24) is 9.88 Å². The molecule has 2 atom stereocenters. The van der Waals surface area contributed by atoms with Crippen LogP contribution >= 0.6 is 0 Å². The molecule has 2 N–H and O–H groups in total. The minimum Gasteiger partial charge on any atom is -0.444 e. The molecule has 1 saturated heterocycles. The standard InChI is InChI=1S/C15H20FN3O4/c1-15(2,3)23-14(22)19-7-6-10(20)12(19)13(21)18-11-5-4-9(16)8-17-11/h4-5,8,10,12,20H,6-7H2,1-3H3,(H,17,18,21)/t10-,12-/m0/s1. The van der Waals surface area contributed by atoms with E-state index in [1.54, 1.807) is 20.8 Å². The van der Waals surface area contributed by atoms with Crippen LogP contribution in [0.3, 0.4) is 0 Å². The van der Waals surface area contributed by atoms with Crippen LogP contribution < -0.4 is 5.32 Å². The van der Waals surface area contributed by atoms with E-state index < -0.39 is 35.6 Å². The average molecular weight is 325 g/mol. The van der Waals surface area contributed by atoms with Gasteiger partial charge in [0.15, 0.2) is 0 Å². The fraction of sp³-hybridized carbons (Fsp3) is 0.533. The maximum Gasteiger partial charge on any atom is 0.411 e. The molecule has 8 heteroatoms. The number of carbonyl (C=O) groups excluding carboxylic acids is 2. The Hall–Kier alpha value is -2.22. The Morgan fingerprint density at radius 1 is 1.43 bits per heavy atom. The lowest BCUT2D eigenvalue weighted by molar-refractivity contribution is -0.122. The van der Waals surface area contributed by atoms with Crippen molar-refractivity contribution in [3.63, 3.8) is 0 Å². The molecule has 1 aliphatic heterocycles. The molecule has 0 aliphatic carbocycles. The van der Waals surface area contributed by atoms with Crippen LogP contribution in [-0.4, -0.2) is 51.3 Å². The van der Waals surface area contributed by atoms with Crippen LogP contribution in [0.25, 0.3) is 0 Å². The van der Waals surface area contributed by atoms with Crippen LogP contribution in [0.2, 0.25) is 0 Å². The van der Waals surface area contributed by atoms with E-state index in [4.69, 9.17) is 4.74 Å². The fourth-order valence-corrected chi connectivity index (χ4v) is 2.27. The number of rotatable bonds is 2. The summed E-state index contributed by atoms with van der Waals surface area (Å²) in [7, 11) is 0. The second-order valence-electron chi connectivity index (χ2n) is 6.33. The number of halogens is 1. The average Bonchev–Trinajstić information content (AvgIpc) is 2.81. The molecule has 23 heavy (non-hydrogen) atoms. The molecular weight excluding hydrogens is 305 g/mol. The number of nitrogens with one attached hydrogen (secondary N) is 1. The zero-order chi connectivity index (χ0) is 17.2. The number of hydrogen-bond donors (Lipinski definition) is 2. The first kappa shape index (κ1) is 17.1. The Morgan fingerprint density at radius 3 is 2.70 bits per heavy atom. The van der Waals surface area contributed by atoms with Crippen molar-refractivity contribution in [2.45, 2.75) is 44.9 Å². The molecular formula is C15H20FN3O4. The number of amides is 2. The number of aromatic nitrogens is 1. The van der Waals surface area contributed by atoms with Crippen LogP contribution in [0.5, 0.6) is 0 Å². The van der Waals surface area contributed by atoms with Gasteiger partial charge in [0.2, 0.25) is 0 Å². The van der Waals surface area contributed by atoms with Gasteiger partial charge >= 0.3 is 6.09 Å². The maximum atomic E-state index is 12.8. The molecule has 126 valence electrons. The van der Waals surface area contributed by atoms with Gasteiger partial charge in [-0.05, 0) is 39.3 Å². The van der Waals surface area contributed by atoms with E-state index in [2.05, 4.69) is 10.3 Å². The van der Waals surface area contributed by atoms with E-state index in [-0.39, 0.29) is 18.8 Å². The monoisotopic (exact) mass is 325 g/mol. The number of aliphatic hydroxyl groups excluding tert-OH is 1. The van der Waals surface area contributed by atoms with E-state index in [1.165, 1.54) is 11.0 Å². The minimum atomic E-state index is -1.07. The highest BCUT2D eigenvalue weighted by Crippen LogP contribution is 2.22. The Kier molecular flexibility index (Phi) is 4.84. The molecule has 7 nitrogen and oxygen atoms in total. The fourth-order valence-electron chi connectivity index (χ4n) is 2.27. The molecule has 2 amide bonds. The van der Waals surface area contributed by atoms with Crippen LogP contribution in [0.4, 0.5) is 15.0 Å². The molecule has 0 spiro atoms. The molecule has 2 heterocycles. The third-order valence-electron chi connectivity index (χ3n) is 3.24. The highest BCUT2D eigenvalue weighted by molar-refractivity contribution is 5.96. The number of ether oxygens (including phenoxy) is 1. The van der Waals surface area contributed by atoms with E-state index in [1.807, 2.05) is 0 Å². The summed E-state index contributed by atoms with van der Waals surface area (Å²) in [6.45, 7) is 5.36. The summed E-state index contributed by atoms with van der Waals surface area (Å²) >= 11 is 0. The molecule has 1 fully saturated rings. The number of pyridine rings is 1. The van der Waals surface area contributed by atoms with Crippen molar-refractivity contribution >= 4 is 17.8 Å². The van der Waals surface area contributed by atoms with Crippen LogP contribution in [-0.2, 0) is 9.53 Å². The third-order valence-corrected chi connectivity index (χ3v) is 3.24. The molecule has 0 aromatic carbocycles. The van der Waals surface area contributed by atoms with Crippen molar-refractivity contribution in [2.24, 2.45) is 0 Å². The van der Waals surface area contributed by atoms with Crippen molar-refractivity contribution < 1.29 is 23.8 Å². The lowest BCUT2D eigenvalue weighted by Gasteiger charge is -2.28. The summed E-state index contributed by atoms with van der Waals surface area (Å²) in [4.78, 5) is 29.4. The van der Waals surface area contributed by atoms with Crippen molar-refractivity contribution in [2.75, 3.05) is 11.9 Å². The van der Waals surface area contributed by atoms with Gasteiger partial charge in [-0.3, -0.25) is 9.69 Å². The SMILES string of the molecule is CC(C)(C)OC(=O)N1CC[C@H](O)[C@H]1C(=O)Nc1ccc(F)cn1. The van der Waals surface area contributed by atoms with Crippen LogP contribution in [0.1, 0.15) is 27.2 Å². The first-order valence-corrected chi connectivity index (χ1v) is 7.27. The Labute approximate surface area is 133 Å². The van der Waals surface area contributed by atoms with E-state index in [0.29, 0.717) is 0 Å². The Morgan fingerprint density at radius 2 is 2.13 bits per heavy atom. The normalized spacial score (nSPS) is 21.2. The van der Waals surface area contributed by atoms with Crippen LogP contribution in [0, 0.1) is 5.82 Å². The van der Waals surface area contributed by atoms with Gasteiger partial charge in [-0.15, -0.1) is 0 Å². The predicted molar refractivity (Wildman–Crippen MR) is 80.2 cm³/mol. The number of hydrogen-bond acceptors (Lipinski definition) is 5. The smallest absolute Gasteiger partial charge is 0.411 e. The van der Waals surface area contributed by atoms with Gasteiger partial charge in [0.05, 0.1) is 12.3 Å². The molecule has 0 bridgehead atoms. The lowest BCUT2D eigenvalue weighted by atomic mass is 10.1. The quantitative estimate of drug-likeness (QED) is 0.860. The third kappa shape index (κ3) is 4.38. The van der Waals surface area contributed by atoms with Crippen molar-refractivity contribution in [1.29, 1.82) is 0 Å². The topological polar surface area (TPSA) is 91.8 Å². The molecule has 1 aromatic rings. The molecule has 0 unspecified atom stereocenters. The summed E-state index contributed by atoms with van der Waals surface area (Å²) in [5.41, 5.74) is -0.704. The van der Waals surface area contributed by atoms with E-state index in [9.17, 15) is 19.1 Å². The van der Waals surface area contributed by atoms with E-state index >= 15 is 0 Å². The number of aliphatic hydroxyl groups is 1. The summed E-state index contributed by atoms with van der Waals surface area (Å²) < 4.78 is 18.1. The first-order chi connectivity index (χ1) is 10.7. The molecule has 0 saturated carbocycles. The second-order valence-corrected chi connectivity index (χ2v) is 6.33. The molecule has 0 radical (unpaired) electrons. The maximum absolute atomic E-state index is 12.8. The van der Waals surface area contributed by atoms with Crippen molar-refractivity contribution in [3.8, 4) is 0 Å². The lowest BCUT2D eigenvalue weighted by Crippen LogP contribution is -2.49. The second kappa shape index (κ2) is 6.49. The number of nitrogens with zero attached hydrogens (tertiary/aromatic N) is 2. The molecule has 1 aromatic heterocycles. The van der Waals surface area contributed by atoms with Gasteiger partial charge in [0.25, 0.3) is 5.91 Å². The van der Waals surface area contributed by atoms with Gasteiger partial charge in [0.1, 0.15) is 23.3 Å². The Bertz CT molecular complexity index is 585. The highest BCUT2D eigenvalue weighted by Gasteiger charge is 2.42. The Balaban J connectivity index is 2.09.